The van der Waals surface area contributed by atoms with E-state index in [-0.39, 0.29) is 30.1 Å². The van der Waals surface area contributed by atoms with Crippen LogP contribution in [0.25, 0.3) is 0 Å². The average Bonchev–Trinajstić information content (AvgIpc) is 3.37. The first-order valence-electron chi connectivity index (χ1n) is 9.68. The number of hydrogen-bond acceptors (Lipinski definition) is 3. The molecule has 1 spiro atoms. The number of nitrogens with one attached hydrogen (secondary N) is 1. The number of hydrogen-bond donors (Lipinski definition) is 1. The molecule has 7 heteroatoms. The lowest BCUT2D eigenvalue weighted by molar-refractivity contribution is 0.0772. The second-order valence-corrected chi connectivity index (χ2v) is 8.65. The molecule has 2 aromatic carbocycles. The topological polar surface area (TPSA) is 58.6 Å². The first-order chi connectivity index (χ1) is 13.9. The fourth-order valence-electron chi connectivity index (χ4n) is 3.98. The molecule has 0 unspecified atom stereocenters. The molecule has 29 heavy (non-hydrogen) atoms. The largest absolute Gasteiger partial charge is 0.445 e. The highest BCUT2D eigenvalue weighted by Crippen LogP contribution is 2.54. The van der Waals surface area contributed by atoms with Crippen molar-refractivity contribution in [2.24, 2.45) is 5.41 Å². The fraction of sp³-hybridized carbons (Fsp3) is 0.364. The van der Waals surface area contributed by atoms with Gasteiger partial charge >= 0.3 is 6.09 Å². The van der Waals surface area contributed by atoms with Gasteiger partial charge in [-0.05, 0) is 48.4 Å². The summed E-state index contributed by atoms with van der Waals surface area (Å²) in [5.74, 6) is -0.166. The number of ether oxygens (including phenoxy) is 1. The third-order valence-corrected chi connectivity index (χ3v) is 6.28. The standard InChI is InChI=1S/C22H22Cl2N2O3/c23-17-10-16(11-18(24)12-17)20(27)25-19-13-22(19)6-8-26(9-7-22)21(28)29-14-15-4-2-1-3-5-15/h1-5,10-12,19H,6-9,13-14H2,(H,25,27)/t19-/m1/s1. The number of carbonyl (C=O) groups is 2. The zero-order chi connectivity index (χ0) is 20.4. The van der Waals surface area contributed by atoms with Crippen molar-refractivity contribution in [2.75, 3.05) is 13.1 Å². The zero-order valence-corrected chi connectivity index (χ0v) is 17.4. The molecule has 4 rings (SSSR count). The van der Waals surface area contributed by atoms with Crippen molar-refractivity contribution in [2.45, 2.75) is 31.9 Å². The SMILES string of the molecule is O=C(N[C@@H]1CC12CCN(C(=O)OCc1ccccc1)CC2)c1cc(Cl)cc(Cl)c1. The van der Waals surface area contributed by atoms with Gasteiger partial charge in [-0.1, -0.05) is 53.5 Å². The Labute approximate surface area is 179 Å². The van der Waals surface area contributed by atoms with E-state index in [1.165, 1.54) is 0 Å². The van der Waals surface area contributed by atoms with Crippen LogP contribution in [0.15, 0.2) is 48.5 Å². The summed E-state index contributed by atoms with van der Waals surface area (Å²) in [6.45, 7) is 1.56. The molecule has 1 N–H and O–H groups in total. The highest BCUT2D eigenvalue weighted by atomic mass is 35.5. The third-order valence-electron chi connectivity index (χ3n) is 5.84. The van der Waals surface area contributed by atoms with E-state index >= 15 is 0 Å². The van der Waals surface area contributed by atoms with E-state index < -0.39 is 0 Å². The normalized spacial score (nSPS) is 19.7. The van der Waals surface area contributed by atoms with Gasteiger partial charge in [0, 0.05) is 34.7 Å². The Balaban J connectivity index is 1.25. The smallest absolute Gasteiger partial charge is 0.410 e. The minimum absolute atomic E-state index is 0.0776. The Morgan fingerprint density at radius 3 is 2.38 bits per heavy atom. The van der Waals surface area contributed by atoms with Gasteiger partial charge in [0.2, 0.25) is 0 Å². The van der Waals surface area contributed by atoms with Crippen LogP contribution < -0.4 is 5.32 Å². The van der Waals surface area contributed by atoms with Gasteiger partial charge in [-0.2, -0.15) is 0 Å². The molecular weight excluding hydrogens is 411 g/mol. The molecule has 0 radical (unpaired) electrons. The predicted octanol–water partition coefficient (Wildman–Crippen LogP) is 4.91. The summed E-state index contributed by atoms with van der Waals surface area (Å²) in [7, 11) is 0. The number of likely N-dealkylation sites (tertiary alicyclic amines) is 1. The molecule has 5 nitrogen and oxygen atoms in total. The molecule has 2 fully saturated rings. The van der Waals surface area contributed by atoms with E-state index in [1.54, 1.807) is 23.1 Å². The van der Waals surface area contributed by atoms with E-state index in [4.69, 9.17) is 27.9 Å². The third kappa shape index (κ3) is 4.68. The van der Waals surface area contributed by atoms with Crippen LogP contribution in [-0.4, -0.2) is 36.0 Å². The zero-order valence-electron chi connectivity index (χ0n) is 15.9. The Morgan fingerprint density at radius 2 is 1.72 bits per heavy atom. The lowest BCUT2D eigenvalue weighted by atomic mass is 9.93. The van der Waals surface area contributed by atoms with Gasteiger partial charge in [0.1, 0.15) is 6.61 Å². The number of piperidine rings is 1. The molecule has 1 saturated heterocycles. The number of halogens is 2. The molecule has 2 aliphatic rings. The Kier molecular flexibility index (Phi) is 5.70. The molecule has 0 aromatic heterocycles. The molecule has 2 amide bonds. The summed E-state index contributed by atoms with van der Waals surface area (Å²) in [5.41, 5.74) is 1.51. The van der Waals surface area contributed by atoms with E-state index in [1.807, 2.05) is 30.3 Å². The van der Waals surface area contributed by atoms with Crippen molar-refractivity contribution >= 4 is 35.2 Å². The second-order valence-electron chi connectivity index (χ2n) is 7.78. The fourth-order valence-corrected chi connectivity index (χ4v) is 4.50. The summed E-state index contributed by atoms with van der Waals surface area (Å²) >= 11 is 12.0. The molecule has 1 heterocycles. The van der Waals surface area contributed by atoms with Crippen LogP contribution in [0.1, 0.15) is 35.2 Å². The molecular formula is C22H22Cl2N2O3. The van der Waals surface area contributed by atoms with Crippen molar-refractivity contribution in [3.05, 3.63) is 69.7 Å². The summed E-state index contributed by atoms with van der Waals surface area (Å²) in [4.78, 5) is 26.6. The molecule has 152 valence electrons. The van der Waals surface area contributed by atoms with Crippen LogP contribution in [-0.2, 0) is 11.3 Å². The van der Waals surface area contributed by atoms with Crippen LogP contribution in [0, 0.1) is 5.41 Å². The number of nitrogens with zero attached hydrogens (tertiary/aromatic N) is 1. The van der Waals surface area contributed by atoms with Crippen LogP contribution in [0.4, 0.5) is 4.79 Å². The van der Waals surface area contributed by atoms with E-state index in [0.717, 1.165) is 24.8 Å². The average molecular weight is 433 g/mol. The summed E-state index contributed by atoms with van der Waals surface area (Å²) in [6.07, 6.45) is 2.36. The maximum Gasteiger partial charge on any atom is 0.410 e. The molecule has 1 saturated carbocycles. The Bertz CT molecular complexity index is 891. The second kappa shape index (κ2) is 8.25. The van der Waals surface area contributed by atoms with Crippen molar-refractivity contribution in [3.8, 4) is 0 Å². The predicted molar refractivity (Wildman–Crippen MR) is 112 cm³/mol. The maximum atomic E-state index is 12.5. The van der Waals surface area contributed by atoms with Crippen molar-refractivity contribution in [1.29, 1.82) is 0 Å². The van der Waals surface area contributed by atoms with Crippen LogP contribution >= 0.6 is 23.2 Å². The molecule has 1 aliphatic carbocycles. The van der Waals surface area contributed by atoms with Crippen molar-refractivity contribution in [3.63, 3.8) is 0 Å². The number of benzene rings is 2. The van der Waals surface area contributed by atoms with Crippen LogP contribution in [0.3, 0.4) is 0 Å². The summed E-state index contributed by atoms with van der Waals surface area (Å²) in [5, 5.41) is 3.97. The minimum Gasteiger partial charge on any atom is -0.445 e. The molecule has 2 aromatic rings. The number of amides is 2. The van der Waals surface area contributed by atoms with Gasteiger partial charge < -0.3 is 15.0 Å². The molecule has 1 atom stereocenters. The molecule has 1 aliphatic heterocycles. The van der Waals surface area contributed by atoms with Gasteiger partial charge in [0.15, 0.2) is 0 Å². The van der Waals surface area contributed by atoms with E-state index in [2.05, 4.69) is 5.32 Å². The quantitative estimate of drug-likeness (QED) is 0.745. The first-order valence-corrected chi connectivity index (χ1v) is 10.4. The van der Waals surface area contributed by atoms with Crippen molar-refractivity contribution < 1.29 is 14.3 Å². The number of carbonyl (C=O) groups excluding carboxylic acids is 2. The monoisotopic (exact) mass is 432 g/mol. The lowest BCUT2D eigenvalue weighted by Gasteiger charge is -2.32. The maximum absolute atomic E-state index is 12.5. The van der Waals surface area contributed by atoms with Gasteiger partial charge in [-0.3, -0.25) is 4.79 Å². The van der Waals surface area contributed by atoms with Gasteiger partial charge in [-0.15, -0.1) is 0 Å². The van der Waals surface area contributed by atoms with Gasteiger partial charge in [0.25, 0.3) is 5.91 Å². The summed E-state index contributed by atoms with van der Waals surface area (Å²) < 4.78 is 5.42. The van der Waals surface area contributed by atoms with E-state index in [9.17, 15) is 9.59 Å². The van der Waals surface area contributed by atoms with Crippen molar-refractivity contribution in [1.82, 2.24) is 10.2 Å². The van der Waals surface area contributed by atoms with Crippen LogP contribution in [0.2, 0.25) is 10.0 Å². The van der Waals surface area contributed by atoms with Gasteiger partial charge in [-0.25, -0.2) is 4.79 Å². The van der Waals surface area contributed by atoms with Crippen LogP contribution in [0.5, 0.6) is 0 Å². The number of rotatable bonds is 4. The lowest BCUT2D eigenvalue weighted by Crippen LogP contribution is -2.42. The highest BCUT2D eigenvalue weighted by Gasteiger charge is 2.56. The van der Waals surface area contributed by atoms with Gasteiger partial charge in [0.05, 0.1) is 0 Å². The molecule has 0 bridgehead atoms. The first kappa shape index (κ1) is 20.0. The highest BCUT2D eigenvalue weighted by molar-refractivity contribution is 6.35. The Hall–Kier alpha value is -2.24. The minimum atomic E-state index is -0.279. The van der Waals surface area contributed by atoms with E-state index in [0.29, 0.717) is 28.7 Å². The summed E-state index contributed by atoms with van der Waals surface area (Å²) in [6, 6.07) is 14.6. The Morgan fingerprint density at radius 1 is 1.07 bits per heavy atom.